The molecule has 0 atom stereocenters. The normalized spacial score (nSPS) is 14.8. The second-order valence-corrected chi connectivity index (χ2v) is 8.30. The quantitative estimate of drug-likeness (QED) is 0.776. The molecule has 0 radical (unpaired) electrons. The fourth-order valence-corrected chi connectivity index (χ4v) is 4.09. The lowest BCUT2D eigenvalue weighted by Crippen LogP contribution is -2.50. The molecule has 28 heavy (non-hydrogen) atoms. The number of carbonyl (C=O) groups is 2. The maximum atomic E-state index is 12.7. The average molecular weight is 406 g/mol. The Kier molecular flexibility index (Phi) is 5.98. The Morgan fingerprint density at radius 1 is 1.04 bits per heavy atom. The Hall–Kier alpha value is -2.88. The molecule has 1 aliphatic heterocycles. The van der Waals surface area contributed by atoms with Gasteiger partial charge in [-0.05, 0) is 30.7 Å². The van der Waals surface area contributed by atoms with E-state index in [1.807, 2.05) is 0 Å². The number of rotatable bonds is 6. The van der Waals surface area contributed by atoms with Gasteiger partial charge < -0.3 is 14.3 Å². The van der Waals surface area contributed by atoms with Crippen molar-refractivity contribution in [1.82, 2.24) is 15.0 Å². The molecule has 150 valence electrons. The van der Waals surface area contributed by atoms with E-state index in [9.17, 15) is 18.0 Å². The maximum Gasteiger partial charge on any atom is 0.292 e. The van der Waals surface area contributed by atoms with Crippen molar-refractivity contribution in [3.05, 3.63) is 47.9 Å². The first-order valence-electron chi connectivity index (χ1n) is 8.99. The number of hydrogen-bond donors (Lipinski definition) is 1. The Morgan fingerprint density at radius 2 is 1.64 bits per heavy atom. The monoisotopic (exact) mass is 406 g/mol. The molecule has 1 N–H and O–H groups in total. The molecule has 1 aromatic heterocycles. The van der Waals surface area contributed by atoms with Crippen LogP contribution in [0.25, 0.3) is 0 Å². The molecule has 9 nitrogen and oxygen atoms in total. The van der Waals surface area contributed by atoms with Gasteiger partial charge in [0, 0.05) is 43.5 Å². The van der Waals surface area contributed by atoms with E-state index < -0.39 is 10.0 Å². The van der Waals surface area contributed by atoms with E-state index in [2.05, 4.69) is 9.88 Å². The van der Waals surface area contributed by atoms with Gasteiger partial charge in [-0.1, -0.05) is 12.1 Å². The Bertz CT molecular complexity index is 917. The van der Waals surface area contributed by atoms with E-state index in [0.29, 0.717) is 43.9 Å². The summed E-state index contributed by atoms with van der Waals surface area (Å²) in [5.74, 6) is -0.172. The third kappa shape index (κ3) is 4.69. The molecule has 0 aliphatic carbocycles. The van der Waals surface area contributed by atoms with E-state index >= 15 is 0 Å². The molecule has 1 fully saturated rings. The van der Waals surface area contributed by atoms with Gasteiger partial charge in [0.2, 0.25) is 15.8 Å². The zero-order valence-electron chi connectivity index (χ0n) is 15.5. The van der Waals surface area contributed by atoms with Crippen molar-refractivity contribution < 1.29 is 22.5 Å². The zero-order chi connectivity index (χ0) is 20.1. The summed E-state index contributed by atoms with van der Waals surface area (Å²) in [5, 5.41) is 3.53. The molecule has 0 saturated carbocycles. The smallest absolute Gasteiger partial charge is 0.292 e. The van der Waals surface area contributed by atoms with Crippen LogP contribution in [0.1, 0.15) is 34.3 Å². The summed E-state index contributed by atoms with van der Waals surface area (Å²) in [6, 6.07) is 7.85. The molecule has 10 heteroatoms. The number of aromatic nitrogens is 1. The highest BCUT2D eigenvalue weighted by Crippen LogP contribution is 2.15. The van der Waals surface area contributed by atoms with E-state index in [4.69, 9.17) is 4.52 Å². The molecule has 0 bridgehead atoms. The topological polar surface area (TPSA) is 113 Å². The highest BCUT2D eigenvalue weighted by atomic mass is 32.2. The number of anilines is 1. The predicted octanol–water partition coefficient (Wildman–Crippen LogP) is 1.42. The first kappa shape index (κ1) is 19.9. The van der Waals surface area contributed by atoms with Crippen molar-refractivity contribution in [2.75, 3.05) is 36.7 Å². The van der Waals surface area contributed by atoms with Crippen molar-refractivity contribution in [1.29, 1.82) is 0 Å². The number of piperazine rings is 1. The number of nitrogens with one attached hydrogen (secondary N) is 1. The van der Waals surface area contributed by atoms with Gasteiger partial charge in [0.1, 0.15) is 0 Å². The fourth-order valence-electron chi connectivity index (χ4n) is 2.96. The number of nitrogens with zero attached hydrogens (tertiary/aromatic N) is 3. The van der Waals surface area contributed by atoms with E-state index in [0.717, 1.165) is 0 Å². The standard InChI is InChI=1S/C18H22N4O5S/c1-2-13-28(25,26)20-15-5-3-14(4-6-15)17(23)21-9-11-22(12-10-21)18(24)16-7-8-19-27-16/h3-8,20H,2,9-13H2,1H3. The zero-order valence-corrected chi connectivity index (χ0v) is 16.3. The lowest BCUT2D eigenvalue weighted by atomic mass is 10.1. The van der Waals surface area contributed by atoms with Crippen LogP contribution >= 0.6 is 0 Å². The molecule has 0 unspecified atom stereocenters. The predicted molar refractivity (Wildman–Crippen MR) is 102 cm³/mol. The van der Waals surface area contributed by atoms with Crippen molar-refractivity contribution in [2.45, 2.75) is 13.3 Å². The van der Waals surface area contributed by atoms with Crippen LogP contribution in [0, 0.1) is 0 Å². The third-order valence-corrected chi connectivity index (χ3v) is 5.87. The minimum absolute atomic E-state index is 0.0464. The van der Waals surface area contributed by atoms with Crippen molar-refractivity contribution in [2.24, 2.45) is 0 Å². The van der Waals surface area contributed by atoms with Crippen LogP contribution in [-0.4, -0.2) is 67.1 Å². The summed E-state index contributed by atoms with van der Waals surface area (Å²) in [7, 11) is -3.37. The number of hydrogen-bond acceptors (Lipinski definition) is 6. The summed E-state index contributed by atoms with van der Waals surface area (Å²) in [6.45, 7) is 3.41. The van der Waals surface area contributed by atoms with Crippen molar-refractivity contribution >= 4 is 27.5 Å². The highest BCUT2D eigenvalue weighted by molar-refractivity contribution is 7.92. The number of sulfonamides is 1. The van der Waals surface area contributed by atoms with Crippen LogP contribution in [0.3, 0.4) is 0 Å². The second kappa shape index (κ2) is 8.42. The first-order chi connectivity index (χ1) is 13.4. The van der Waals surface area contributed by atoms with Crippen molar-refractivity contribution in [3.8, 4) is 0 Å². The average Bonchev–Trinajstić information content (AvgIpc) is 3.22. The molecule has 1 aliphatic rings. The summed E-state index contributed by atoms with van der Waals surface area (Å²) in [6.07, 6.45) is 1.94. The van der Waals surface area contributed by atoms with Gasteiger partial charge in [-0.25, -0.2) is 8.42 Å². The second-order valence-electron chi connectivity index (χ2n) is 6.46. The number of benzene rings is 1. The first-order valence-corrected chi connectivity index (χ1v) is 10.6. The van der Waals surface area contributed by atoms with Crippen LogP contribution in [0.4, 0.5) is 5.69 Å². The number of carbonyl (C=O) groups excluding carboxylic acids is 2. The molecular weight excluding hydrogens is 384 g/mol. The SMILES string of the molecule is CCCS(=O)(=O)Nc1ccc(C(=O)N2CCN(C(=O)c3ccno3)CC2)cc1. The Labute approximate surface area is 163 Å². The van der Waals surface area contributed by atoms with E-state index in [1.165, 1.54) is 12.3 Å². The van der Waals surface area contributed by atoms with Gasteiger partial charge in [-0.3, -0.25) is 14.3 Å². The molecule has 2 aromatic rings. The maximum absolute atomic E-state index is 12.7. The molecular formula is C18H22N4O5S. The van der Waals surface area contributed by atoms with E-state index in [1.54, 1.807) is 41.0 Å². The summed E-state index contributed by atoms with van der Waals surface area (Å²) in [4.78, 5) is 28.2. The van der Waals surface area contributed by atoms with E-state index in [-0.39, 0.29) is 23.3 Å². The van der Waals surface area contributed by atoms with Gasteiger partial charge in [-0.2, -0.15) is 0 Å². The minimum Gasteiger partial charge on any atom is -0.351 e. The molecule has 2 heterocycles. The van der Waals surface area contributed by atoms with Gasteiger partial charge in [0.05, 0.1) is 11.9 Å². The van der Waals surface area contributed by atoms with Gasteiger partial charge in [0.15, 0.2) is 0 Å². The molecule has 0 spiro atoms. The molecule has 3 rings (SSSR count). The minimum atomic E-state index is -3.37. The van der Waals surface area contributed by atoms with Gasteiger partial charge >= 0.3 is 0 Å². The molecule has 1 aromatic carbocycles. The lowest BCUT2D eigenvalue weighted by molar-refractivity contribution is 0.0513. The Morgan fingerprint density at radius 3 is 2.18 bits per heavy atom. The van der Waals surface area contributed by atoms with Crippen molar-refractivity contribution in [3.63, 3.8) is 0 Å². The third-order valence-electron chi connectivity index (χ3n) is 4.38. The van der Waals surface area contributed by atoms with Crippen LogP contribution in [0.2, 0.25) is 0 Å². The Balaban J connectivity index is 1.57. The van der Waals surface area contributed by atoms with Gasteiger partial charge in [0.25, 0.3) is 11.8 Å². The summed E-state index contributed by atoms with van der Waals surface area (Å²) >= 11 is 0. The van der Waals surface area contributed by atoms with Crippen LogP contribution in [-0.2, 0) is 10.0 Å². The summed E-state index contributed by atoms with van der Waals surface area (Å²) < 4.78 is 31.0. The van der Waals surface area contributed by atoms with Crippen LogP contribution < -0.4 is 4.72 Å². The van der Waals surface area contributed by atoms with Crippen LogP contribution in [0.5, 0.6) is 0 Å². The lowest BCUT2D eigenvalue weighted by Gasteiger charge is -2.34. The fraction of sp³-hybridized carbons (Fsp3) is 0.389. The highest BCUT2D eigenvalue weighted by Gasteiger charge is 2.27. The molecule has 2 amide bonds. The van der Waals surface area contributed by atoms with Crippen LogP contribution in [0.15, 0.2) is 41.1 Å². The molecule has 1 saturated heterocycles. The summed E-state index contributed by atoms with van der Waals surface area (Å²) in [5.41, 5.74) is 0.890. The largest absolute Gasteiger partial charge is 0.351 e. The number of amides is 2. The van der Waals surface area contributed by atoms with Gasteiger partial charge in [-0.15, -0.1) is 0 Å².